The Morgan fingerprint density at radius 1 is 0.919 bits per heavy atom. The number of fused-ring (bicyclic) bond motifs is 1. The Morgan fingerprint density at radius 2 is 1.73 bits per heavy atom. The van der Waals surface area contributed by atoms with Crippen molar-refractivity contribution in [3.05, 3.63) is 111 Å². The molecule has 1 aliphatic carbocycles. The van der Waals surface area contributed by atoms with Crippen LogP contribution < -0.4 is 20.3 Å². The number of nitrogens with zero attached hydrogens (tertiary/aromatic N) is 2. The van der Waals surface area contributed by atoms with Crippen molar-refractivity contribution in [2.45, 2.75) is 24.7 Å². The van der Waals surface area contributed by atoms with Crippen molar-refractivity contribution in [2.75, 3.05) is 19.5 Å². The van der Waals surface area contributed by atoms with Crippen molar-refractivity contribution in [2.24, 2.45) is 0 Å². The predicted octanol–water partition coefficient (Wildman–Crippen LogP) is 4.54. The number of aromatic amines is 1. The highest BCUT2D eigenvalue weighted by molar-refractivity contribution is 6.01. The van der Waals surface area contributed by atoms with Gasteiger partial charge in [-0.2, -0.15) is 0 Å². The molecule has 0 unspecified atom stereocenters. The Labute approximate surface area is 213 Å². The molecule has 4 aromatic rings. The maximum absolute atomic E-state index is 13.8. The van der Waals surface area contributed by atoms with E-state index in [-0.39, 0.29) is 17.3 Å². The largest absolute Gasteiger partial charge is 0.493 e. The molecular weight excluding hydrogens is 468 g/mol. The molecule has 37 heavy (non-hydrogen) atoms. The monoisotopic (exact) mass is 494 g/mol. The molecule has 8 heteroatoms. The van der Waals surface area contributed by atoms with Crippen LogP contribution in [0.2, 0.25) is 0 Å². The first-order valence-corrected chi connectivity index (χ1v) is 12.1. The van der Waals surface area contributed by atoms with Gasteiger partial charge in [-0.1, -0.05) is 30.3 Å². The van der Waals surface area contributed by atoms with Gasteiger partial charge in [-0.25, -0.2) is 4.68 Å². The average molecular weight is 495 g/mol. The minimum Gasteiger partial charge on any atom is -0.493 e. The lowest BCUT2D eigenvalue weighted by atomic mass is 9.73. The van der Waals surface area contributed by atoms with E-state index in [1.807, 2.05) is 60.7 Å². The second-order valence-corrected chi connectivity index (χ2v) is 9.26. The van der Waals surface area contributed by atoms with Crippen LogP contribution >= 0.6 is 0 Å². The number of carbonyl (C=O) groups excluding carboxylic acids is 1. The van der Waals surface area contributed by atoms with Crippen molar-refractivity contribution >= 4 is 11.6 Å². The lowest BCUT2D eigenvalue weighted by Gasteiger charge is -2.34. The third-order valence-electron chi connectivity index (χ3n) is 7.20. The van der Waals surface area contributed by atoms with E-state index in [4.69, 9.17) is 9.47 Å². The van der Waals surface area contributed by atoms with Gasteiger partial charge in [0.1, 0.15) is 5.82 Å². The highest BCUT2D eigenvalue weighted by Crippen LogP contribution is 2.47. The van der Waals surface area contributed by atoms with E-state index >= 15 is 0 Å². The summed E-state index contributed by atoms with van der Waals surface area (Å²) >= 11 is 0. The minimum atomic E-state index is -0.507. The normalized spacial score (nSPS) is 18.6. The molecule has 0 saturated heterocycles. The summed E-state index contributed by atoms with van der Waals surface area (Å²) < 4.78 is 12.4. The first-order valence-electron chi connectivity index (χ1n) is 12.1. The number of Topliss-reactive ketones (excluding diaryl/α,β-unsaturated/α-hetero) is 1. The molecule has 1 aliphatic heterocycles. The molecule has 0 spiro atoms. The zero-order chi connectivity index (χ0) is 25.5. The molecule has 6 rings (SSSR count). The standard InChI is InChI=1S/C29H26N4O4/c1-36-23-11-10-17(15-24(23)37-2)19-13-21-26(22(34)14-19)25(18-7-6-12-30-16-18)27-28(31-21)32-33(29(27)35)20-8-4-3-5-9-20/h3-12,15-16,19,25,31-32H,13-14H2,1-2H3/t19-,25-/m0/s1. The van der Waals surface area contributed by atoms with Gasteiger partial charge >= 0.3 is 0 Å². The number of benzene rings is 2. The van der Waals surface area contributed by atoms with E-state index in [0.29, 0.717) is 41.3 Å². The number of carbonyl (C=O) groups is 1. The summed E-state index contributed by atoms with van der Waals surface area (Å²) in [5, 5.41) is 6.66. The fourth-order valence-corrected chi connectivity index (χ4v) is 5.47. The number of hydrogen-bond donors (Lipinski definition) is 2. The number of aromatic nitrogens is 3. The van der Waals surface area contributed by atoms with Gasteiger partial charge in [0.25, 0.3) is 5.56 Å². The lowest BCUT2D eigenvalue weighted by molar-refractivity contribution is -0.116. The van der Waals surface area contributed by atoms with Gasteiger partial charge < -0.3 is 14.8 Å². The number of para-hydroxylation sites is 1. The number of ether oxygens (including phenoxy) is 2. The molecular formula is C29H26N4O4. The predicted molar refractivity (Wildman–Crippen MR) is 140 cm³/mol. The van der Waals surface area contributed by atoms with Crippen LogP contribution in [0.3, 0.4) is 0 Å². The number of anilines is 1. The van der Waals surface area contributed by atoms with E-state index in [2.05, 4.69) is 15.4 Å². The van der Waals surface area contributed by atoms with Gasteiger partial charge in [0, 0.05) is 36.0 Å². The SMILES string of the molecule is COc1ccc([C@@H]2CC(=O)C3=C(C2)Nc2[nH]n(-c4ccccc4)c(=O)c2[C@H]3c2cccnc2)cc1OC. The van der Waals surface area contributed by atoms with Crippen LogP contribution in [-0.4, -0.2) is 34.8 Å². The topological polar surface area (TPSA) is 98.2 Å². The molecule has 0 radical (unpaired) electrons. The third-order valence-corrected chi connectivity index (χ3v) is 7.20. The van der Waals surface area contributed by atoms with Crippen molar-refractivity contribution in [3.8, 4) is 17.2 Å². The second kappa shape index (κ2) is 9.13. The molecule has 0 saturated carbocycles. The van der Waals surface area contributed by atoms with Crippen molar-refractivity contribution < 1.29 is 14.3 Å². The number of pyridine rings is 1. The molecule has 2 atom stereocenters. The van der Waals surface area contributed by atoms with Crippen LogP contribution in [0.4, 0.5) is 5.82 Å². The van der Waals surface area contributed by atoms with Gasteiger partial charge in [0.2, 0.25) is 0 Å². The fraction of sp³-hybridized carbons (Fsp3) is 0.207. The van der Waals surface area contributed by atoms with E-state index in [9.17, 15) is 9.59 Å². The van der Waals surface area contributed by atoms with Crippen molar-refractivity contribution in [1.29, 1.82) is 0 Å². The summed E-state index contributed by atoms with van der Waals surface area (Å²) in [6.45, 7) is 0. The summed E-state index contributed by atoms with van der Waals surface area (Å²) in [6, 6.07) is 18.9. The maximum Gasteiger partial charge on any atom is 0.277 e. The number of nitrogens with one attached hydrogen (secondary N) is 2. The summed E-state index contributed by atoms with van der Waals surface area (Å²) in [5.41, 5.74) is 4.32. The van der Waals surface area contributed by atoms with E-state index < -0.39 is 5.92 Å². The van der Waals surface area contributed by atoms with E-state index in [1.54, 1.807) is 26.6 Å². The fourth-order valence-electron chi connectivity index (χ4n) is 5.47. The summed E-state index contributed by atoms with van der Waals surface area (Å²) in [5.74, 6) is 1.33. The Balaban J connectivity index is 1.46. The molecule has 2 aliphatic rings. The molecule has 0 bridgehead atoms. The Morgan fingerprint density at radius 3 is 2.46 bits per heavy atom. The first kappa shape index (κ1) is 22.8. The summed E-state index contributed by atoms with van der Waals surface area (Å²) in [6.07, 6.45) is 4.37. The quantitative estimate of drug-likeness (QED) is 0.423. The van der Waals surface area contributed by atoms with Gasteiger partial charge in [0.05, 0.1) is 25.5 Å². The Hall–Kier alpha value is -4.59. The van der Waals surface area contributed by atoms with Gasteiger partial charge in [-0.15, -0.1) is 0 Å². The van der Waals surface area contributed by atoms with Gasteiger partial charge in [0.15, 0.2) is 17.3 Å². The van der Waals surface area contributed by atoms with Crippen LogP contribution in [0, 0.1) is 0 Å². The Bertz CT molecular complexity index is 1570. The number of ketones is 1. The number of hydrogen-bond acceptors (Lipinski definition) is 6. The number of rotatable bonds is 5. The second-order valence-electron chi connectivity index (χ2n) is 9.26. The molecule has 3 heterocycles. The zero-order valence-electron chi connectivity index (χ0n) is 20.5. The van der Waals surface area contributed by atoms with E-state index in [0.717, 1.165) is 22.5 Å². The lowest BCUT2D eigenvalue weighted by Crippen LogP contribution is -2.32. The average Bonchev–Trinajstić information content (AvgIpc) is 3.28. The molecule has 8 nitrogen and oxygen atoms in total. The molecule has 0 fully saturated rings. The van der Waals surface area contributed by atoms with Crippen LogP contribution in [0.5, 0.6) is 11.5 Å². The number of methoxy groups -OCH3 is 2. The Kier molecular flexibility index (Phi) is 5.64. The minimum absolute atomic E-state index is 0.0138. The summed E-state index contributed by atoms with van der Waals surface area (Å²) in [7, 11) is 3.20. The van der Waals surface area contributed by atoms with Crippen molar-refractivity contribution in [1.82, 2.24) is 14.8 Å². The van der Waals surface area contributed by atoms with E-state index in [1.165, 1.54) is 4.68 Å². The molecule has 2 aromatic carbocycles. The zero-order valence-corrected chi connectivity index (χ0v) is 20.5. The van der Waals surface area contributed by atoms with Crippen LogP contribution in [0.25, 0.3) is 5.69 Å². The third kappa shape index (κ3) is 3.81. The van der Waals surface area contributed by atoms with Crippen LogP contribution in [-0.2, 0) is 4.79 Å². The highest BCUT2D eigenvalue weighted by atomic mass is 16.5. The van der Waals surface area contributed by atoms with Crippen LogP contribution in [0.15, 0.2) is 89.1 Å². The maximum atomic E-state index is 13.8. The number of H-pyrrole nitrogens is 1. The molecule has 186 valence electrons. The van der Waals surface area contributed by atoms with Crippen molar-refractivity contribution in [3.63, 3.8) is 0 Å². The van der Waals surface area contributed by atoms with Gasteiger partial charge in [-0.05, 0) is 53.8 Å². The van der Waals surface area contributed by atoms with Crippen LogP contribution in [0.1, 0.15) is 41.4 Å². The molecule has 0 amide bonds. The molecule has 2 N–H and O–H groups in total. The first-order chi connectivity index (χ1) is 18.1. The highest BCUT2D eigenvalue weighted by Gasteiger charge is 2.41. The summed E-state index contributed by atoms with van der Waals surface area (Å²) in [4.78, 5) is 31.8. The van der Waals surface area contributed by atoms with Gasteiger partial charge in [-0.3, -0.25) is 19.7 Å². The smallest absolute Gasteiger partial charge is 0.277 e. The number of allylic oxidation sites excluding steroid dienone is 2. The molecule has 2 aromatic heterocycles.